The molecular weight excluding hydrogens is 319 g/mol. The second-order valence-electron chi connectivity index (χ2n) is 5.18. The highest BCUT2D eigenvalue weighted by Crippen LogP contribution is 2.31. The van der Waals surface area contributed by atoms with Crippen molar-refractivity contribution in [2.45, 2.75) is 26.4 Å². The molecule has 0 aliphatic rings. The molecule has 0 atom stereocenters. The van der Waals surface area contributed by atoms with Crippen LogP contribution < -0.4 is 4.84 Å². The van der Waals surface area contributed by atoms with Crippen molar-refractivity contribution in [1.82, 2.24) is 0 Å². The number of halogens is 3. The zero-order valence-corrected chi connectivity index (χ0v) is 13.2. The van der Waals surface area contributed by atoms with Crippen molar-refractivity contribution in [2.24, 2.45) is 5.16 Å². The lowest BCUT2D eigenvalue weighted by atomic mass is 10.0. The molecule has 0 saturated carbocycles. The number of carbonyl (C=O) groups is 1. The molecule has 0 radical (unpaired) electrons. The molecule has 24 heavy (non-hydrogen) atoms. The third kappa shape index (κ3) is 4.22. The van der Waals surface area contributed by atoms with Crippen LogP contribution in [0.25, 0.3) is 0 Å². The molecule has 2 aromatic rings. The minimum Gasteiger partial charge on any atom is -0.357 e. The minimum atomic E-state index is -4.43. The van der Waals surface area contributed by atoms with Gasteiger partial charge < -0.3 is 4.84 Å². The lowest BCUT2D eigenvalue weighted by Gasteiger charge is -2.08. The molecule has 0 N–H and O–H groups in total. The van der Waals surface area contributed by atoms with E-state index in [0.717, 1.165) is 29.5 Å². The van der Waals surface area contributed by atoms with Crippen LogP contribution in [-0.2, 0) is 12.6 Å². The number of hydrogen-bond donors (Lipinski definition) is 0. The van der Waals surface area contributed by atoms with Crippen molar-refractivity contribution >= 4 is 12.0 Å². The predicted octanol–water partition coefficient (Wildman–Crippen LogP) is 4.88. The molecule has 0 aliphatic carbocycles. The highest BCUT2D eigenvalue weighted by molar-refractivity contribution is 5.99. The maximum absolute atomic E-state index is 12.7. The molecule has 0 unspecified atom stereocenters. The molecular formula is C18H16F3NO2. The monoisotopic (exact) mass is 335 g/mol. The number of aldehydes is 1. The van der Waals surface area contributed by atoms with E-state index in [1.807, 2.05) is 13.0 Å². The van der Waals surface area contributed by atoms with E-state index in [-0.39, 0.29) is 5.75 Å². The normalized spacial score (nSPS) is 12.1. The van der Waals surface area contributed by atoms with E-state index in [0.29, 0.717) is 17.7 Å². The predicted molar refractivity (Wildman–Crippen MR) is 85.5 cm³/mol. The van der Waals surface area contributed by atoms with E-state index in [1.54, 1.807) is 19.1 Å². The van der Waals surface area contributed by atoms with Gasteiger partial charge in [-0.3, -0.25) is 4.79 Å². The summed E-state index contributed by atoms with van der Waals surface area (Å²) >= 11 is 0. The van der Waals surface area contributed by atoms with Gasteiger partial charge in [-0.05, 0) is 48.7 Å². The molecule has 0 aliphatic heterocycles. The van der Waals surface area contributed by atoms with Gasteiger partial charge in [0.25, 0.3) is 0 Å². The van der Waals surface area contributed by atoms with Gasteiger partial charge in [0.1, 0.15) is 6.29 Å². The van der Waals surface area contributed by atoms with Crippen molar-refractivity contribution in [3.63, 3.8) is 0 Å². The summed E-state index contributed by atoms with van der Waals surface area (Å²) in [6.45, 7) is 3.61. The SMILES string of the molecule is CCc1cc(C(C)=NOc2cccc(C(F)(F)F)c2)ccc1C=O. The fourth-order valence-electron chi connectivity index (χ4n) is 2.16. The average molecular weight is 335 g/mol. The first kappa shape index (κ1) is 17.7. The van der Waals surface area contributed by atoms with Gasteiger partial charge in [-0.2, -0.15) is 13.2 Å². The molecule has 3 nitrogen and oxygen atoms in total. The summed E-state index contributed by atoms with van der Waals surface area (Å²) in [5.74, 6) is 0.00408. The molecule has 0 bridgehead atoms. The van der Waals surface area contributed by atoms with E-state index < -0.39 is 11.7 Å². The van der Waals surface area contributed by atoms with E-state index in [4.69, 9.17) is 4.84 Å². The Bertz CT molecular complexity index is 767. The quantitative estimate of drug-likeness (QED) is 0.444. The van der Waals surface area contributed by atoms with Crippen LogP contribution in [-0.4, -0.2) is 12.0 Å². The number of rotatable bonds is 5. The number of oxime groups is 1. The Morgan fingerprint density at radius 3 is 2.58 bits per heavy atom. The molecule has 2 aromatic carbocycles. The first-order valence-electron chi connectivity index (χ1n) is 7.32. The van der Waals surface area contributed by atoms with Crippen LogP contribution in [0.5, 0.6) is 5.75 Å². The van der Waals surface area contributed by atoms with Gasteiger partial charge >= 0.3 is 6.18 Å². The Kier molecular flexibility index (Phi) is 5.39. The fraction of sp³-hybridized carbons (Fsp3) is 0.222. The summed E-state index contributed by atoms with van der Waals surface area (Å²) in [5.41, 5.74) is 1.92. The van der Waals surface area contributed by atoms with E-state index in [9.17, 15) is 18.0 Å². The first-order valence-corrected chi connectivity index (χ1v) is 7.32. The van der Waals surface area contributed by atoms with Gasteiger partial charge in [0.15, 0.2) is 5.75 Å². The van der Waals surface area contributed by atoms with Crippen molar-refractivity contribution in [2.75, 3.05) is 0 Å². The van der Waals surface area contributed by atoms with Gasteiger partial charge in [0.05, 0.1) is 11.3 Å². The largest absolute Gasteiger partial charge is 0.416 e. The Morgan fingerprint density at radius 1 is 1.21 bits per heavy atom. The van der Waals surface area contributed by atoms with Gasteiger partial charge in [-0.25, -0.2) is 0 Å². The van der Waals surface area contributed by atoms with E-state index in [2.05, 4.69) is 5.16 Å². The topological polar surface area (TPSA) is 38.7 Å². The molecule has 0 heterocycles. The van der Waals surface area contributed by atoms with Crippen molar-refractivity contribution in [3.05, 3.63) is 64.7 Å². The van der Waals surface area contributed by atoms with Crippen LogP contribution in [0.3, 0.4) is 0 Å². The molecule has 0 fully saturated rings. The summed E-state index contributed by atoms with van der Waals surface area (Å²) in [6, 6.07) is 9.74. The summed E-state index contributed by atoms with van der Waals surface area (Å²) in [7, 11) is 0. The molecule has 126 valence electrons. The molecule has 2 rings (SSSR count). The molecule has 0 aromatic heterocycles. The fourth-order valence-corrected chi connectivity index (χ4v) is 2.16. The number of alkyl halides is 3. The number of aryl methyl sites for hydroxylation is 1. The van der Waals surface area contributed by atoms with Crippen LogP contribution >= 0.6 is 0 Å². The summed E-state index contributed by atoms with van der Waals surface area (Å²) in [4.78, 5) is 16.1. The first-order chi connectivity index (χ1) is 11.3. The number of nitrogens with zero attached hydrogens (tertiary/aromatic N) is 1. The lowest BCUT2D eigenvalue weighted by molar-refractivity contribution is -0.137. The Hall–Kier alpha value is -2.63. The molecule has 0 spiro atoms. The van der Waals surface area contributed by atoms with Gasteiger partial charge in [-0.1, -0.05) is 30.3 Å². The maximum atomic E-state index is 12.7. The Morgan fingerprint density at radius 2 is 1.96 bits per heavy atom. The number of carbonyl (C=O) groups excluding carboxylic acids is 1. The number of benzene rings is 2. The van der Waals surface area contributed by atoms with Crippen LogP contribution in [0.4, 0.5) is 13.2 Å². The van der Waals surface area contributed by atoms with Crippen molar-refractivity contribution in [3.8, 4) is 5.75 Å². The summed E-state index contributed by atoms with van der Waals surface area (Å²) in [5, 5.41) is 3.88. The molecule has 6 heteroatoms. The Balaban J connectivity index is 2.22. The van der Waals surface area contributed by atoms with Gasteiger partial charge in [0, 0.05) is 5.56 Å². The second kappa shape index (κ2) is 7.29. The van der Waals surface area contributed by atoms with Crippen LogP contribution in [0, 0.1) is 0 Å². The van der Waals surface area contributed by atoms with E-state index in [1.165, 1.54) is 12.1 Å². The Labute approximate surface area is 137 Å². The van der Waals surface area contributed by atoms with Crippen LogP contribution in [0.15, 0.2) is 47.6 Å². The minimum absolute atomic E-state index is 0.00408. The van der Waals surface area contributed by atoms with Gasteiger partial charge in [0.2, 0.25) is 0 Å². The van der Waals surface area contributed by atoms with Crippen LogP contribution in [0.2, 0.25) is 0 Å². The average Bonchev–Trinajstić information content (AvgIpc) is 2.58. The standard InChI is InChI=1S/C18H16F3NO2/c1-3-13-9-14(7-8-15(13)11-23)12(2)22-24-17-6-4-5-16(10-17)18(19,20)21/h4-11H,3H2,1-2H3. The smallest absolute Gasteiger partial charge is 0.357 e. The third-order valence-electron chi connectivity index (χ3n) is 3.52. The zero-order chi connectivity index (χ0) is 17.7. The molecule has 0 saturated heterocycles. The highest BCUT2D eigenvalue weighted by Gasteiger charge is 2.30. The lowest BCUT2D eigenvalue weighted by Crippen LogP contribution is -2.05. The van der Waals surface area contributed by atoms with Crippen molar-refractivity contribution < 1.29 is 22.8 Å². The summed E-state index contributed by atoms with van der Waals surface area (Å²) < 4.78 is 38.0. The van der Waals surface area contributed by atoms with E-state index >= 15 is 0 Å². The second-order valence-corrected chi connectivity index (χ2v) is 5.18. The van der Waals surface area contributed by atoms with Gasteiger partial charge in [-0.15, -0.1) is 0 Å². The zero-order valence-electron chi connectivity index (χ0n) is 13.2. The van der Waals surface area contributed by atoms with Crippen LogP contribution in [0.1, 0.15) is 40.9 Å². The third-order valence-corrected chi connectivity index (χ3v) is 3.52. The van der Waals surface area contributed by atoms with Crippen molar-refractivity contribution in [1.29, 1.82) is 0 Å². The molecule has 0 amide bonds. The number of hydrogen-bond acceptors (Lipinski definition) is 3. The summed E-state index contributed by atoms with van der Waals surface area (Å²) in [6.07, 6.45) is -2.96. The highest BCUT2D eigenvalue weighted by atomic mass is 19.4. The maximum Gasteiger partial charge on any atom is 0.416 e.